The maximum atomic E-state index is 6.58. The second-order valence-corrected chi connectivity index (χ2v) is 1.35. The smallest absolute Gasteiger partial charge is 0 e. The molecule has 0 saturated heterocycles. The molecule has 2 heteroatoms. The Morgan fingerprint density at radius 1 is 1.57 bits per heavy atom. The van der Waals surface area contributed by atoms with Gasteiger partial charge in [0.1, 0.15) is 0 Å². The molecule has 0 heterocycles. The van der Waals surface area contributed by atoms with E-state index in [1.807, 2.05) is 0 Å². The van der Waals surface area contributed by atoms with Crippen LogP contribution in [0.15, 0.2) is 0 Å². The van der Waals surface area contributed by atoms with Crippen molar-refractivity contribution in [1.29, 1.82) is 5.41 Å². The summed E-state index contributed by atoms with van der Waals surface area (Å²) in [4.78, 5) is 0. The Bertz CT molecular complexity index is 37.1. The topological polar surface area (TPSA) is 23.9 Å². The van der Waals surface area contributed by atoms with Crippen LogP contribution in [0, 0.1) is 5.41 Å². The molecule has 0 spiro atoms. The van der Waals surface area contributed by atoms with Gasteiger partial charge in [0.2, 0.25) is 0 Å². The van der Waals surface area contributed by atoms with E-state index in [1.165, 1.54) is 19.1 Å². The first-order valence-corrected chi connectivity index (χ1v) is 2.40. The third kappa shape index (κ3) is 10.7. The van der Waals surface area contributed by atoms with Gasteiger partial charge in [-0.2, -0.15) is 0 Å². The van der Waals surface area contributed by atoms with Crippen LogP contribution in [0.3, 0.4) is 0 Å². The SMILES string of the molecule is CCCCC=N.[Zn]. The number of rotatable bonds is 3. The molecule has 0 rings (SSSR count). The first-order valence-electron chi connectivity index (χ1n) is 2.40. The summed E-state index contributed by atoms with van der Waals surface area (Å²) in [6.45, 7) is 2.13. The molecule has 0 radical (unpaired) electrons. The molecule has 0 atom stereocenters. The minimum Gasteiger partial charge on any atom is -0.313 e. The molecule has 0 amide bonds. The zero-order valence-electron chi connectivity index (χ0n) is 4.91. The maximum Gasteiger partial charge on any atom is 0 e. The molecule has 0 aliphatic heterocycles. The van der Waals surface area contributed by atoms with Crippen molar-refractivity contribution in [2.45, 2.75) is 26.2 Å². The molecule has 0 saturated carbocycles. The molecule has 0 unspecified atom stereocenters. The largest absolute Gasteiger partial charge is 0.313 e. The van der Waals surface area contributed by atoms with Crippen LogP contribution in [0.2, 0.25) is 0 Å². The number of hydrogen-bond acceptors (Lipinski definition) is 1. The molecule has 0 bridgehead atoms. The zero-order chi connectivity index (χ0) is 4.83. The van der Waals surface area contributed by atoms with E-state index in [0.29, 0.717) is 0 Å². The summed E-state index contributed by atoms with van der Waals surface area (Å²) in [5.74, 6) is 0. The summed E-state index contributed by atoms with van der Waals surface area (Å²) in [5, 5.41) is 6.58. The summed E-state index contributed by atoms with van der Waals surface area (Å²) in [6, 6.07) is 0. The van der Waals surface area contributed by atoms with Gasteiger partial charge in [-0.15, -0.1) is 0 Å². The summed E-state index contributed by atoms with van der Waals surface area (Å²) in [7, 11) is 0. The van der Waals surface area contributed by atoms with Gasteiger partial charge in [0, 0.05) is 19.5 Å². The van der Waals surface area contributed by atoms with Crippen molar-refractivity contribution in [2.75, 3.05) is 0 Å². The van der Waals surface area contributed by atoms with Crippen LogP contribution in [0.25, 0.3) is 0 Å². The Morgan fingerprint density at radius 2 is 2.14 bits per heavy atom. The fraction of sp³-hybridized carbons (Fsp3) is 0.800. The first-order chi connectivity index (χ1) is 2.91. The first kappa shape index (κ1) is 10.3. The fourth-order valence-electron chi connectivity index (χ4n) is 0.306. The quantitative estimate of drug-likeness (QED) is 0.361. The van der Waals surface area contributed by atoms with Gasteiger partial charge >= 0.3 is 0 Å². The van der Waals surface area contributed by atoms with Crippen LogP contribution in [0.5, 0.6) is 0 Å². The van der Waals surface area contributed by atoms with Gasteiger partial charge in [-0.3, -0.25) is 0 Å². The third-order valence-electron chi connectivity index (χ3n) is 0.702. The Kier molecular flexibility index (Phi) is 14.1. The minimum absolute atomic E-state index is 0. The van der Waals surface area contributed by atoms with Crippen LogP contribution in [0.1, 0.15) is 26.2 Å². The minimum atomic E-state index is 0. The summed E-state index contributed by atoms with van der Waals surface area (Å²) in [6.07, 6.45) is 4.79. The molecule has 0 aromatic rings. The molecule has 0 aliphatic carbocycles. The molecule has 0 aromatic carbocycles. The number of hydrogen-bond donors (Lipinski definition) is 1. The Labute approximate surface area is 57.8 Å². The fourth-order valence-corrected chi connectivity index (χ4v) is 0.306. The summed E-state index contributed by atoms with van der Waals surface area (Å²) < 4.78 is 0. The van der Waals surface area contributed by atoms with Gasteiger partial charge in [0.05, 0.1) is 0 Å². The van der Waals surface area contributed by atoms with E-state index in [0.717, 1.165) is 6.42 Å². The van der Waals surface area contributed by atoms with Crippen molar-refractivity contribution in [3.05, 3.63) is 0 Å². The third-order valence-corrected chi connectivity index (χ3v) is 0.702. The average Bonchev–Trinajstić information content (AvgIpc) is 1.61. The maximum absolute atomic E-state index is 6.58. The predicted octanol–water partition coefficient (Wildman–Crippen LogP) is 1.82. The van der Waals surface area contributed by atoms with Crippen molar-refractivity contribution in [2.24, 2.45) is 0 Å². The molecular formula is C5H11NZn. The van der Waals surface area contributed by atoms with Gasteiger partial charge in [0.25, 0.3) is 0 Å². The van der Waals surface area contributed by atoms with Crippen molar-refractivity contribution >= 4 is 6.21 Å². The second-order valence-electron chi connectivity index (χ2n) is 1.35. The van der Waals surface area contributed by atoms with Crippen molar-refractivity contribution in [3.8, 4) is 0 Å². The van der Waals surface area contributed by atoms with Crippen LogP contribution < -0.4 is 0 Å². The Balaban J connectivity index is 0. The molecule has 38 valence electrons. The molecule has 1 nitrogen and oxygen atoms in total. The molecule has 1 N–H and O–H groups in total. The van der Waals surface area contributed by atoms with Crippen molar-refractivity contribution in [3.63, 3.8) is 0 Å². The van der Waals surface area contributed by atoms with Gasteiger partial charge < -0.3 is 5.41 Å². The normalized spacial score (nSPS) is 7.00. The Hall–Kier alpha value is 0.293. The predicted molar refractivity (Wildman–Crippen MR) is 28.3 cm³/mol. The van der Waals surface area contributed by atoms with Gasteiger partial charge in [0.15, 0.2) is 0 Å². The van der Waals surface area contributed by atoms with Gasteiger partial charge in [-0.25, -0.2) is 0 Å². The van der Waals surface area contributed by atoms with Crippen LogP contribution in [-0.4, -0.2) is 6.21 Å². The average molecular weight is 151 g/mol. The standard InChI is InChI=1S/C5H11N.Zn/c1-2-3-4-5-6;/h5-6H,2-4H2,1H3;. The number of unbranched alkanes of at least 4 members (excludes halogenated alkanes) is 2. The van der Waals surface area contributed by atoms with Crippen LogP contribution >= 0.6 is 0 Å². The second kappa shape index (κ2) is 9.57. The molecular weight excluding hydrogens is 139 g/mol. The molecule has 0 fully saturated rings. The number of nitrogens with one attached hydrogen (secondary N) is 1. The molecule has 0 aromatic heterocycles. The summed E-state index contributed by atoms with van der Waals surface area (Å²) >= 11 is 0. The van der Waals surface area contributed by atoms with Crippen molar-refractivity contribution < 1.29 is 19.5 Å². The van der Waals surface area contributed by atoms with Crippen LogP contribution in [-0.2, 0) is 19.5 Å². The van der Waals surface area contributed by atoms with E-state index >= 15 is 0 Å². The Morgan fingerprint density at radius 3 is 2.29 bits per heavy atom. The van der Waals surface area contributed by atoms with Crippen LogP contribution in [0.4, 0.5) is 0 Å². The van der Waals surface area contributed by atoms with E-state index in [1.54, 1.807) is 0 Å². The molecule has 0 aliphatic rings. The van der Waals surface area contributed by atoms with E-state index in [9.17, 15) is 0 Å². The van der Waals surface area contributed by atoms with E-state index in [-0.39, 0.29) is 19.5 Å². The van der Waals surface area contributed by atoms with Gasteiger partial charge in [-0.05, 0) is 19.1 Å². The summed E-state index contributed by atoms with van der Waals surface area (Å²) in [5.41, 5.74) is 0. The van der Waals surface area contributed by atoms with E-state index in [4.69, 9.17) is 5.41 Å². The van der Waals surface area contributed by atoms with E-state index in [2.05, 4.69) is 6.92 Å². The zero-order valence-corrected chi connectivity index (χ0v) is 7.87. The molecule has 7 heavy (non-hydrogen) atoms. The monoisotopic (exact) mass is 149 g/mol. The van der Waals surface area contributed by atoms with Crippen molar-refractivity contribution in [1.82, 2.24) is 0 Å². The van der Waals surface area contributed by atoms with Gasteiger partial charge in [-0.1, -0.05) is 13.3 Å². The van der Waals surface area contributed by atoms with E-state index < -0.39 is 0 Å².